The lowest BCUT2D eigenvalue weighted by Gasteiger charge is -2.43. The third-order valence-corrected chi connectivity index (χ3v) is 3.96. The molecule has 90 valence electrons. The van der Waals surface area contributed by atoms with Crippen LogP contribution in [0.4, 0.5) is 0 Å². The number of hydrogen-bond donors (Lipinski definition) is 1. The van der Waals surface area contributed by atoms with E-state index in [1.165, 1.54) is 30.7 Å². The molecule has 0 aromatic heterocycles. The first-order valence-electron chi connectivity index (χ1n) is 6.29. The molecule has 0 saturated heterocycles. The highest BCUT2D eigenvalue weighted by Gasteiger charge is 2.45. The van der Waals surface area contributed by atoms with Crippen LogP contribution in [0.1, 0.15) is 24.8 Å². The van der Waals surface area contributed by atoms with Crippen molar-refractivity contribution in [2.24, 2.45) is 4.99 Å². The molecule has 0 amide bonds. The minimum Gasteiger partial charge on any atom is -0.496 e. The van der Waals surface area contributed by atoms with Crippen LogP contribution in [0, 0.1) is 0 Å². The van der Waals surface area contributed by atoms with E-state index in [1.807, 2.05) is 12.1 Å². The van der Waals surface area contributed by atoms with E-state index < -0.39 is 0 Å². The summed E-state index contributed by atoms with van der Waals surface area (Å²) in [5.74, 6) is 2.16. The summed E-state index contributed by atoms with van der Waals surface area (Å²) in [6.45, 7) is 1.89. The molecule has 3 nitrogen and oxygen atoms in total. The Morgan fingerprint density at radius 1 is 1.29 bits per heavy atom. The number of nitrogens with zero attached hydrogens (tertiary/aromatic N) is 1. The van der Waals surface area contributed by atoms with E-state index in [9.17, 15) is 0 Å². The van der Waals surface area contributed by atoms with Gasteiger partial charge in [-0.25, -0.2) is 0 Å². The van der Waals surface area contributed by atoms with Gasteiger partial charge in [0, 0.05) is 12.1 Å². The number of nitrogens with one attached hydrogen (secondary N) is 1. The summed E-state index contributed by atoms with van der Waals surface area (Å²) in [7, 11) is 1.75. The quantitative estimate of drug-likeness (QED) is 0.863. The largest absolute Gasteiger partial charge is 0.496 e. The Kier molecular flexibility index (Phi) is 2.54. The number of benzene rings is 1. The SMILES string of the molecule is COc1ccccc1C1(C2=NCCN2)CCC1. The van der Waals surface area contributed by atoms with E-state index in [2.05, 4.69) is 22.4 Å². The van der Waals surface area contributed by atoms with Crippen LogP contribution in [0.2, 0.25) is 0 Å². The number of hydrogen-bond acceptors (Lipinski definition) is 3. The Labute approximate surface area is 102 Å². The van der Waals surface area contributed by atoms with Crippen molar-refractivity contribution in [2.45, 2.75) is 24.7 Å². The summed E-state index contributed by atoms with van der Waals surface area (Å²) < 4.78 is 5.50. The number of para-hydroxylation sites is 1. The van der Waals surface area contributed by atoms with Gasteiger partial charge in [-0.05, 0) is 18.9 Å². The van der Waals surface area contributed by atoms with E-state index in [0.717, 1.165) is 18.8 Å². The molecule has 1 saturated carbocycles. The predicted molar refractivity (Wildman–Crippen MR) is 68.8 cm³/mol. The molecule has 3 heteroatoms. The van der Waals surface area contributed by atoms with Gasteiger partial charge in [0.15, 0.2) is 0 Å². The van der Waals surface area contributed by atoms with E-state index in [1.54, 1.807) is 7.11 Å². The second-order valence-corrected chi connectivity index (χ2v) is 4.79. The van der Waals surface area contributed by atoms with E-state index in [4.69, 9.17) is 4.74 Å². The molecular weight excluding hydrogens is 212 g/mol. The molecule has 0 atom stereocenters. The maximum atomic E-state index is 5.50. The Bertz CT molecular complexity index is 449. The van der Waals surface area contributed by atoms with Gasteiger partial charge in [-0.1, -0.05) is 24.6 Å². The molecule has 0 spiro atoms. The maximum Gasteiger partial charge on any atom is 0.123 e. The van der Waals surface area contributed by atoms with Crippen LogP contribution in [0.3, 0.4) is 0 Å². The van der Waals surface area contributed by atoms with E-state index >= 15 is 0 Å². The Hall–Kier alpha value is -1.51. The lowest BCUT2D eigenvalue weighted by Crippen LogP contribution is -2.47. The lowest BCUT2D eigenvalue weighted by molar-refractivity contribution is 0.316. The van der Waals surface area contributed by atoms with Gasteiger partial charge in [-0.2, -0.15) is 0 Å². The molecule has 1 N–H and O–H groups in total. The van der Waals surface area contributed by atoms with Gasteiger partial charge in [0.1, 0.15) is 11.6 Å². The third-order valence-electron chi connectivity index (χ3n) is 3.96. The van der Waals surface area contributed by atoms with E-state index in [-0.39, 0.29) is 5.41 Å². The first kappa shape index (κ1) is 10.6. The van der Waals surface area contributed by atoms with Crippen LogP contribution in [0.15, 0.2) is 29.3 Å². The van der Waals surface area contributed by atoms with Gasteiger partial charge in [0.05, 0.1) is 19.1 Å². The summed E-state index contributed by atoms with van der Waals surface area (Å²) in [6, 6.07) is 8.34. The molecule has 1 aliphatic carbocycles. The normalized spacial score (nSPS) is 21.4. The molecular formula is C14H18N2O. The molecule has 1 aliphatic heterocycles. The van der Waals surface area contributed by atoms with Gasteiger partial charge < -0.3 is 10.1 Å². The highest BCUT2D eigenvalue weighted by atomic mass is 16.5. The van der Waals surface area contributed by atoms with Gasteiger partial charge in [0.25, 0.3) is 0 Å². The minimum atomic E-state index is 0.100. The number of aliphatic imine (C=N–C) groups is 1. The Morgan fingerprint density at radius 2 is 2.12 bits per heavy atom. The summed E-state index contributed by atoms with van der Waals surface area (Å²) in [5, 5.41) is 3.44. The van der Waals surface area contributed by atoms with Gasteiger partial charge in [-0.15, -0.1) is 0 Å². The van der Waals surface area contributed by atoms with Crippen molar-refractivity contribution in [3.8, 4) is 5.75 Å². The molecule has 17 heavy (non-hydrogen) atoms. The van der Waals surface area contributed by atoms with Crippen LogP contribution in [0.5, 0.6) is 5.75 Å². The molecule has 1 aromatic carbocycles. The van der Waals surface area contributed by atoms with Crippen LogP contribution in [0.25, 0.3) is 0 Å². The predicted octanol–water partition coefficient (Wildman–Crippen LogP) is 2.12. The van der Waals surface area contributed by atoms with Crippen molar-refractivity contribution in [1.29, 1.82) is 0 Å². The molecule has 0 radical (unpaired) electrons. The third kappa shape index (κ3) is 1.53. The summed E-state index contributed by atoms with van der Waals surface area (Å²) in [5.41, 5.74) is 1.39. The number of rotatable bonds is 3. The highest BCUT2D eigenvalue weighted by molar-refractivity contribution is 5.95. The summed E-state index contributed by atoms with van der Waals surface area (Å²) in [4.78, 5) is 4.63. The lowest BCUT2D eigenvalue weighted by atomic mass is 9.63. The first-order valence-corrected chi connectivity index (χ1v) is 6.29. The van der Waals surface area contributed by atoms with Gasteiger partial charge in [0.2, 0.25) is 0 Å². The first-order chi connectivity index (χ1) is 8.37. The zero-order chi connectivity index (χ0) is 11.7. The average molecular weight is 230 g/mol. The Balaban J connectivity index is 2.05. The zero-order valence-corrected chi connectivity index (χ0v) is 10.2. The van der Waals surface area contributed by atoms with Crippen molar-refractivity contribution in [3.63, 3.8) is 0 Å². The van der Waals surface area contributed by atoms with Crippen molar-refractivity contribution < 1.29 is 4.74 Å². The van der Waals surface area contributed by atoms with Crippen LogP contribution in [-0.2, 0) is 5.41 Å². The van der Waals surface area contributed by atoms with Gasteiger partial charge in [-0.3, -0.25) is 4.99 Å². The van der Waals surface area contributed by atoms with Crippen molar-refractivity contribution in [2.75, 3.05) is 20.2 Å². The second-order valence-electron chi connectivity index (χ2n) is 4.79. The van der Waals surface area contributed by atoms with Crippen LogP contribution < -0.4 is 10.1 Å². The topological polar surface area (TPSA) is 33.6 Å². The molecule has 0 unspecified atom stereocenters. The van der Waals surface area contributed by atoms with Gasteiger partial charge >= 0.3 is 0 Å². The zero-order valence-electron chi connectivity index (χ0n) is 10.2. The molecule has 0 bridgehead atoms. The monoisotopic (exact) mass is 230 g/mol. The Morgan fingerprint density at radius 3 is 2.71 bits per heavy atom. The van der Waals surface area contributed by atoms with E-state index in [0.29, 0.717) is 0 Å². The molecule has 3 rings (SSSR count). The van der Waals surface area contributed by atoms with Crippen molar-refractivity contribution in [1.82, 2.24) is 5.32 Å². The molecule has 1 fully saturated rings. The highest BCUT2D eigenvalue weighted by Crippen LogP contribution is 2.48. The number of amidine groups is 1. The number of ether oxygens (including phenoxy) is 1. The second kappa shape index (κ2) is 4.06. The van der Waals surface area contributed by atoms with Crippen molar-refractivity contribution in [3.05, 3.63) is 29.8 Å². The molecule has 1 aromatic rings. The fourth-order valence-corrected chi connectivity index (χ4v) is 2.92. The minimum absolute atomic E-state index is 0.100. The maximum absolute atomic E-state index is 5.50. The summed E-state index contributed by atoms with van der Waals surface area (Å²) in [6.07, 6.45) is 3.64. The molecule has 2 aliphatic rings. The van der Waals surface area contributed by atoms with Crippen molar-refractivity contribution >= 4 is 5.84 Å². The van der Waals surface area contributed by atoms with Crippen LogP contribution in [-0.4, -0.2) is 26.0 Å². The molecule has 1 heterocycles. The van der Waals surface area contributed by atoms with Crippen LogP contribution >= 0.6 is 0 Å². The standard InChI is InChI=1S/C14H18N2O/c1-17-12-6-3-2-5-11(12)14(7-4-8-14)13-15-9-10-16-13/h2-3,5-6H,4,7-10H2,1H3,(H,15,16). The fourth-order valence-electron chi connectivity index (χ4n) is 2.92. The number of methoxy groups -OCH3 is 1. The smallest absolute Gasteiger partial charge is 0.123 e. The fraction of sp³-hybridized carbons (Fsp3) is 0.500. The average Bonchev–Trinajstić information content (AvgIpc) is 2.82. The summed E-state index contributed by atoms with van der Waals surface area (Å²) >= 11 is 0.